The quantitative estimate of drug-likeness (QED) is 0.759. The van der Waals surface area contributed by atoms with Crippen molar-refractivity contribution in [1.82, 2.24) is 4.31 Å². The minimum Gasteiger partial charge on any atom is -0.389 e. The van der Waals surface area contributed by atoms with Crippen LogP contribution in [0.5, 0.6) is 0 Å². The summed E-state index contributed by atoms with van der Waals surface area (Å²) in [5.41, 5.74) is 0. The van der Waals surface area contributed by atoms with Gasteiger partial charge in [0.25, 0.3) is 0 Å². The average Bonchev–Trinajstić information content (AvgIpc) is 2.56. The summed E-state index contributed by atoms with van der Waals surface area (Å²) in [4.78, 5) is 0. The molecule has 0 aromatic heterocycles. The van der Waals surface area contributed by atoms with Crippen LogP contribution < -0.4 is 0 Å². The number of β-amino-alcohol motifs (C(OH)–C–C–N with tert-alkyl or cyclic N) is 1. The molecule has 2 bridgehead atoms. The lowest BCUT2D eigenvalue weighted by molar-refractivity contribution is 0.104. The van der Waals surface area contributed by atoms with Gasteiger partial charge < -0.3 is 5.11 Å². The summed E-state index contributed by atoms with van der Waals surface area (Å²) in [5, 5.41) is 9.19. The van der Waals surface area contributed by atoms with Crippen LogP contribution in [-0.4, -0.2) is 48.9 Å². The molecule has 1 aliphatic carbocycles. The van der Waals surface area contributed by atoms with E-state index in [9.17, 15) is 17.9 Å². The molecule has 0 spiro atoms. The molecule has 0 amide bonds. The van der Waals surface area contributed by atoms with Crippen molar-refractivity contribution in [2.24, 2.45) is 5.92 Å². The van der Waals surface area contributed by atoms with Crippen LogP contribution in [0.2, 0.25) is 0 Å². The molecule has 15 heavy (non-hydrogen) atoms. The number of rotatable bonds is 3. The second kappa shape index (κ2) is 3.99. The second-order valence-corrected chi connectivity index (χ2v) is 6.46. The van der Waals surface area contributed by atoms with E-state index in [1.807, 2.05) is 0 Å². The first-order valence-corrected chi connectivity index (χ1v) is 6.87. The van der Waals surface area contributed by atoms with Gasteiger partial charge in [-0.25, -0.2) is 12.8 Å². The van der Waals surface area contributed by atoms with Crippen molar-refractivity contribution in [3.63, 3.8) is 0 Å². The van der Waals surface area contributed by atoms with Gasteiger partial charge >= 0.3 is 0 Å². The lowest BCUT2D eigenvalue weighted by Gasteiger charge is -2.33. The van der Waals surface area contributed by atoms with Gasteiger partial charge in [0.1, 0.15) is 6.67 Å². The zero-order valence-electron chi connectivity index (χ0n) is 8.47. The highest BCUT2D eigenvalue weighted by molar-refractivity contribution is 7.89. The first-order valence-electron chi connectivity index (χ1n) is 5.26. The third kappa shape index (κ3) is 2.16. The monoisotopic (exact) mass is 237 g/mol. The topological polar surface area (TPSA) is 57.6 Å². The fourth-order valence-electron chi connectivity index (χ4n) is 2.60. The third-order valence-corrected chi connectivity index (χ3v) is 5.35. The highest BCUT2D eigenvalue weighted by atomic mass is 32.2. The van der Waals surface area contributed by atoms with E-state index in [0.29, 0.717) is 0 Å². The minimum atomic E-state index is -3.26. The van der Waals surface area contributed by atoms with Crippen LogP contribution in [-0.2, 0) is 10.0 Å². The number of aliphatic hydroxyl groups excluding tert-OH is 1. The SMILES string of the molecule is O=S1(=O)C[C@H]2CC[C@H](C2)N1CC(O)CF. The molecule has 88 valence electrons. The van der Waals surface area contributed by atoms with Gasteiger partial charge in [-0.3, -0.25) is 0 Å². The van der Waals surface area contributed by atoms with Crippen LogP contribution in [0, 0.1) is 5.92 Å². The molecule has 1 aliphatic heterocycles. The summed E-state index contributed by atoms with van der Waals surface area (Å²) < 4.78 is 37.0. The Hall–Kier alpha value is -0.200. The Balaban J connectivity index is 2.13. The van der Waals surface area contributed by atoms with E-state index < -0.39 is 22.8 Å². The Kier molecular flexibility index (Phi) is 3.00. The van der Waals surface area contributed by atoms with E-state index in [4.69, 9.17) is 0 Å². The Morgan fingerprint density at radius 1 is 1.47 bits per heavy atom. The molecule has 0 aromatic carbocycles. The Morgan fingerprint density at radius 2 is 2.20 bits per heavy atom. The molecule has 2 fully saturated rings. The van der Waals surface area contributed by atoms with Crippen molar-refractivity contribution < 1.29 is 17.9 Å². The molecular formula is C9H16FNO3S. The van der Waals surface area contributed by atoms with Gasteiger partial charge in [0, 0.05) is 12.6 Å². The van der Waals surface area contributed by atoms with Gasteiger partial charge in [0.2, 0.25) is 10.0 Å². The van der Waals surface area contributed by atoms with Crippen LogP contribution in [0.3, 0.4) is 0 Å². The first kappa shape index (κ1) is 11.3. The van der Waals surface area contributed by atoms with Crippen molar-refractivity contribution in [1.29, 1.82) is 0 Å². The Labute approximate surface area is 89.1 Å². The normalized spacial score (nSPS) is 36.7. The first-order chi connectivity index (χ1) is 7.03. The maximum absolute atomic E-state index is 12.2. The lowest BCUT2D eigenvalue weighted by atomic mass is 10.1. The summed E-state index contributed by atoms with van der Waals surface area (Å²) in [7, 11) is -3.26. The van der Waals surface area contributed by atoms with Gasteiger partial charge in [0.15, 0.2) is 0 Å². The van der Waals surface area contributed by atoms with Crippen LogP contribution in [0.25, 0.3) is 0 Å². The van der Waals surface area contributed by atoms with Crippen molar-refractivity contribution in [3.8, 4) is 0 Å². The second-order valence-electron chi connectivity index (χ2n) is 4.49. The maximum Gasteiger partial charge on any atom is 0.214 e. The summed E-state index contributed by atoms with van der Waals surface area (Å²) in [6.07, 6.45) is 1.48. The van der Waals surface area contributed by atoms with Gasteiger partial charge in [-0.15, -0.1) is 0 Å². The summed E-state index contributed by atoms with van der Waals surface area (Å²) in [6.45, 7) is -0.974. The molecular weight excluding hydrogens is 221 g/mol. The fraction of sp³-hybridized carbons (Fsp3) is 1.00. The summed E-state index contributed by atoms with van der Waals surface area (Å²) in [6, 6.07) is -0.00468. The number of aliphatic hydroxyl groups is 1. The van der Waals surface area contributed by atoms with E-state index in [-0.39, 0.29) is 24.3 Å². The number of alkyl halides is 1. The molecule has 0 aromatic rings. The van der Waals surface area contributed by atoms with E-state index in [0.717, 1.165) is 19.3 Å². The highest BCUT2D eigenvalue weighted by Gasteiger charge is 2.43. The lowest BCUT2D eigenvalue weighted by Crippen LogP contribution is -2.48. The fourth-order valence-corrected chi connectivity index (χ4v) is 4.74. The Bertz CT molecular complexity index is 332. The van der Waals surface area contributed by atoms with Crippen LogP contribution >= 0.6 is 0 Å². The van der Waals surface area contributed by atoms with Gasteiger partial charge in [-0.05, 0) is 25.2 Å². The molecule has 2 aliphatic rings. The number of hydrogen-bond donors (Lipinski definition) is 1. The van der Waals surface area contributed by atoms with Crippen molar-refractivity contribution in [2.75, 3.05) is 19.0 Å². The van der Waals surface area contributed by atoms with E-state index in [1.165, 1.54) is 4.31 Å². The zero-order valence-corrected chi connectivity index (χ0v) is 9.29. The van der Waals surface area contributed by atoms with Crippen molar-refractivity contribution in [2.45, 2.75) is 31.4 Å². The molecule has 1 unspecified atom stereocenters. The molecule has 6 heteroatoms. The molecule has 1 saturated carbocycles. The molecule has 1 heterocycles. The predicted molar refractivity (Wildman–Crippen MR) is 53.6 cm³/mol. The molecule has 1 N–H and O–H groups in total. The predicted octanol–water partition coefficient (Wildman–Crippen LogP) is 0.131. The number of hydrogen-bond acceptors (Lipinski definition) is 3. The van der Waals surface area contributed by atoms with Gasteiger partial charge in [-0.2, -0.15) is 4.31 Å². The summed E-state index contributed by atoms with van der Waals surface area (Å²) >= 11 is 0. The third-order valence-electron chi connectivity index (χ3n) is 3.29. The Morgan fingerprint density at radius 3 is 2.87 bits per heavy atom. The average molecular weight is 237 g/mol. The number of fused-ring (bicyclic) bond motifs is 2. The summed E-state index contributed by atoms with van der Waals surface area (Å²) in [5.74, 6) is 0.446. The number of halogens is 1. The molecule has 3 atom stereocenters. The van der Waals surface area contributed by atoms with Crippen LogP contribution in [0.4, 0.5) is 4.39 Å². The van der Waals surface area contributed by atoms with Crippen molar-refractivity contribution >= 4 is 10.0 Å². The smallest absolute Gasteiger partial charge is 0.214 e. The molecule has 1 saturated heterocycles. The van der Waals surface area contributed by atoms with Crippen molar-refractivity contribution in [3.05, 3.63) is 0 Å². The van der Waals surface area contributed by atoms with Crippen LogP contribution in [0.1, 0.15) is 19.3 Å². The zero-order chi connectivity index (χ0) is 11.1. The minimum absolute atomic E-state index is 0.00468. The number of nitrogens with zero attached hydrogens (tertiary/aromatic N) is 1. The number of sulfonamides is 1. The standard InChI is InChI=1S/C9H16FNO3S/c10-4-9(12)5-11-8-2-1-7(3-8)6-15(11,13)14/h7-9,12H,1-6H2/t7-,8+,9?/m0/s1. The van der Waals surface area contributed by atoms with E-state index >= 15 is 0 Å². The molecule has 4 nitrogen and oxygen atoms in total. The van der Waals surface area contributed by atoms with Gasteiger partial charge in [-0.1, -0.05) is 0 Å². The van der Waals surface area contributed by atoms with E-state index in [2.05, 4.69) is 0 Å². The molecule has 2 rings (SSSR count). The van der Waals surface area contributed by atoms with E-state index in [1.54, 1.807) is 0 Å². The molecule has 0 radical (unpaired) electrons. The largest absolute Gasteiger partial charge is 0.389 e. The highest BCUT2D eigenvalue weighted by Crippen LogP contribution is 2.37. The van der Waals surface area contributed by atoms with Crippen LogP contribution in [0.15, 0.2) is 0 Å². The van der Waals surface area contributed by atoms with Gasteiger partial charge in [0.05, 0.1) is 11.9 Å². The maximum atomic E-state index is 12.2.